The third-order valence-electron chi connectivity index (χ3n) is 1.99. The molecule has 12 heteroatoms. The van der Waals surface area contributed by atoms with Crippen LogP contribution in [0.15, 0.2) is 0 Å². The van der Waals surface area contributed by atoms with E-state index in [-0.39, 0.29) is 0 Å². The molecule has 5 nitrogen and oxygen atoms in total. The number of hydrogen-bond donors (Lipinski definition) is 0. The Hall–Kier alpha value is -1.17. The van der Waals surface area contributed by atoms with Crippen LogP contribution in [-0.2, 0) is 25.1 Å². The van der Waals surface area contributed by atoms with Gasteiger partial charge in [-0.3, -0.25) is 4.21 Å². The third kappa shape index (κ3) is 18.9. The van der Waals surface area contributed by atoms with Crippen molar-refractivity contribution in [2.75, 3.05) is 32.1 Å². The summed E-state index contributed by atoms with van der Waals surface area (Å²) in [5.74, 6) is -6.40. The van der Waals surface area contributed by atoms with Crippen LogP contribution in [0, 0.1) is 0 Å². The molecule has 0 spiro atoms. The van der Waals surface area contributed by atoms with E-state index in [1.54, 1.807) is 12.5 Å². The molecule has 0 atom stereocenters. The van der Waals surface area contributed by atoms with Gasteiger partial charge in [0.15, 0.2) is 0 Å². The fourth-order valence-electron chi connectivity index (χ4n) is 0.871. The average molecular weight is 389 g/mol. The summed E-state index contributed by atoms with van der Waals surface area (Å²) < 4.78 is 79.2. The van der Waals surface area contributed by atoms with E-state index in [0.29, 0.717) is 0 Å². The maximum atomic E-state index is 11.2. The second-order valence-corrected chi connectivity index (χ2v) is 5.52. The highest BCUT2D eigenvalue weighted by molar-refractivity contribution is 7.83. The van der Waals surface area contributed by atoms with Crippen molar-refractivity contribution in [2.24, 2.45) is 0 Å². The van der Waals surface area contributed by atoms with Gasteiger partial charge in [0.25, 0.3) is 0 Å². The van der Waals surface area contributed by atoms with Crippen LogP contribution in [0.4, 0.5) is 26.3 Å². The summed E-state index contributed by atoms with van der Waals surface area (Å²) in [5, 5.41) is 0. The summed E-state index contributed by atoms with van der Waals surface area (Å²) in [4.78, 5) is 21.7. The number of ether oxygens (including phenoxy) is 1. The van der Waals surface area contributed by atoms with E-state index in [4.69, 9.17) is 0 Å². The van der Waals surface area contributed by atoms with Crippen LogP contribution in [-0.4, -0.2) is 65.5 Å². The average Bonchev–Trinajstić information content (AvgIpc) is 2.38. The van der Waals surface area contributed by atoms with Gasteiger partial charge in [0, 0.05) is 23.3 Å². The van der Waals surface area contributed by atoms with E-state index in [9.17, 15) is 40.1 Å². The molecule has 0 aromatic heterocycles. The predicted octanol–water partition coefficient (Wildman–Crippen LogP) is 2.52. The first kappa shape index (κ1) is 27.7. The lowest BCUT2D eigenvalue weighted by atomic mass is 10.5. The zero-order chi connectivity index (χ0) is 20.1. The maximum absolute atomic E-state index is 11.2. The molecule has 0 bridgehead atoms. The van der Waals surface area contributed by atoms with Crippen LogP contribution < -0.4 is 0 Å². The van der Waals surface area contributed by atoms with E-state index in [2.05, 4.69) is 30.4 Å². The van der Waals surface area contributed by atoms with Crippen molar-refractivity contribution in [3.8, 4) is 0 Å². The minimum atomic E-state index is -5.62. The molecule has 0 fully saturated rings. The lowest BCUT2D eigenvalue weighted by Gasteiger charge is -2.13. The number of carbonyl (C=O) groups is 2. The Bertz CT molecular complexity index is 360. The van der Waals surface area contributed by atoms with Gasteiger partial charge in [-0.15, -0.1) is 0 Å². The molecular weight excluding hydrogens is 368 g/mol. The molecule has 24 heavy (non-hydrogen) atoms. The highest BCUT2D eigenvalue weighted by Gasteiger charge is 2.49. The van der Waals surface area contributed by atoms with Crippen LogP contribution in [0.3, 0.4) is 0 Å². The van der Waals surface area contributed by atoms with Gasteiger partial charge in [-0.1, -0.05) is 20.8 Å². The Morgan fingerprint density at radius 2 is 1.04 bits per heavy atom. The van der Waals surface area contributed by atoms with Gasteiger partial charge in [-0.2, -0.15) is 26.3 Å². The molecule has 146 valence electrons. The third-order valence-corrected chi connectivity index (χ3v) is 1.99. The number of hydrogen-bond acceptors (Lipinski definition) is 5. The van der Waals surface area contributed by atoms with Crippen LogP contribution in [0.5, 0.6) is 0 Å². The summed E-state index contributed by atoms with van der Waals surface area (Å²) in [6, 6.07) is 0. The number of rotatable bonds is 3. The van der Waals surface area contributed by atoms with E-state index in [0.717, 1.165) is 0 Å². The Kier molecular flexibility index (Phi) is 15.2. The Labute approximate surface area is 138 Å². The molecule has 0 radical (unpaired) electrons. The van der Waals surface area contributed by atoms with Crippen molar-refractivity contribution in [2.45, 2.75) is 33.1 Å². The Balaban J connectivity index is -0.000000335. The number of alkyl halides is 6. The van der Waals surface area contributed by atoms with Crippen molar-refractivity contribution in [3.05, 3.63) is 0 Å². The van der Waals surface area contributed by atoms with E-state index >= 15 is 0 Å². The number of carbonyl (C=O) groups excluding carboxylic acids is 2. The van der Waals surface area contributed by atoms with Crippen LogP contribution in [0.2, 0.25) is 0 Å². The van der Waals surface area contributed by atoms with Gasteiger partial charge in [-0.25, -0.2) is 9.59 Å². The summed E-state index contributed by atoms with van der Waals surface area (Å²) in [7, 11) is -0.611. The predicted molar refractivity (Wildman–Crippen MR) is 76.7 cm³/mol. The second-order valence-electron chi connectivity index (χ2n) is 4.03. The minimum Gasteiger partial charge on any atom is -0.380 e. The van der Waals surface area contributed by atoms with Crippen molar-refractivity contribution < 1.29 is 44.9 Å². The van der Waals surface area contributed by atoms with Gasteiger partial charge >= 0.3 is 24.3 Å². The van der Waals surface area contributed by atoms with Gasteiger partial charge in [0.2, 0.25) is 0 Å². The summed E-state index contributed by atoms with van der Waals surface area (Å²) in [6.07, 6.45) is -7.97. The monoisotopic (exact) mass is 389 g/mol. The van der Waals surface area contributed by atoms with Crippen LogP contribution >= 0.6 is 0 Å². The first-order chi connectivity index (χ1) is 10.6. The quantitative estimate of drug-likeness (QED) is 0.422. The fraction of sp³-hybridized carbons (Fsp3) is 0.833. The van der Waals surface area contributed by atoms with Gasteiger partial charge in [0.1, 0.15) is 0 Å². The van der Waals surface area contributed by atoms with Crippen molar-refractivity contribution in [3.63, 3.8) is 0 Å². The molecule has 0 aliphatic rings. The lowest BCUT2D eigenvalue weighted by molar-refractivity contribution is -0.221. The molecule has 0 unspecified atom stereocenters. The first-order valence-electron chi connectivity index (χ1n) is 6.50. The topological polar surface area (TPSA) is 63.7 Å². The summed E-state index contributed by atoms with van der Waals surface area (Å²) in [5.41, 5.74) is 0. The second kappa shape index (κ2) is 13.2. The lowest BCUT2D eigenvalue weighted by Crippen LogP contribution is -2.34. The van der Waals surface area contributed by atoms with Crippen LogP contribution in [0.25, 0.3) is 0 Å². The molecule has 0 saturated carbocycles. The standard InChI is InChI=1S/C6H15N.C4F6O3.C2H6OS/c1-4-7(5-2)6-3;5-3(6,7)1(11)13-2(12)4(8,9)10;1-4(2)3/h4-6H2,1-3H3;;1-2H3. The van der Waals surface area contributed by atoms with E-state index in [1.165, 1.54) is 19.6 Å². The molecular formula is C12H21F6NO4S. The fourth-order valence-corrected chi connectivity index (χ4v) is 0.871. The molecule has 0 amide bonds. The molecule has 0 aliphatic carbocycles. The zero-order valence-corrected chi connectivity index (χ0v) is 14.7. The first-order valence-corrected chi connectivity index (χ1v) is 8.47. The molecule has 0 N–H and O–H groups in total. The molecule has 0 rings (SSSR count). The molecule has 0 heterocycles. The smallest absolute Gasteiger partial charge is 0.380 e. The number of nitrogens with zero attached hydrogens (tertiary/aromatic N) is 1. The molecule has 0 saturated heterocycles. The van der Waals surface area contributed by atoms with Crippen molar-refractivity contribution in [1.82, 2.24) is 4.90 Å². The normalized spacial score (nSPS) is 11.2. The molecule has 0 aromatic rings. The molecule has 0 aromatic carbocycles. The highest BCUT2D eigenvalue weighted by atomic mass is 32.2. The van der Waals surface area contributed by atoms with Crippen molar-refractivity contribution >= 4 is 22.7 Å². The SMILES string of the molecule is CCN(CC)CC.CS(C)=O.O=C(OC(=O)C(F)(F)F)C(F)(F)F. The largest absolute Gasteiger partial charge is 0.491 e. The summed E-state index contributed by atoms with van der Waals surface area (Å²) in [6.45, 7) is 10.1. The number of esters is 2. The maximum Gasteiger partial charge on any atom is 0.491 e. The summed E-state index contributed by atoms with van der Waals surface area (Å²) >= 11 is 0. The van der Waals surface area contributed by atoms with Crippen molar-refractivity contribution in [1.29, 1.82) is 0 Å². The highest BCUT2D eigenvalue weighted by Crippen LogP contribution is 2.21. The van der Waals surface area contributed by atoms with E-state index < -0.39 is 35.1 Å². The number of halogens is 6. The Morgan fingerprint density at radius 1 is 0.833 bits per heavy atom. The zero-order valence-electron chi connectivity index (χ0n) is 13.9. The van der Waals surface area contributed by atoms with Gasteiger partial charge in [0.05, 0.1) is 0 Å². The minimum absolute atomic E-state index is 0.611. The molecule has 0 aliphatic heterocycles. The Morgan fingerprint density at radius 3 is 1.12 bits per heavy atom. The van der Waals surface area contributed by atoms with Gasteiger partial charge in [-0.05, 0) is 19.6 Å². The van der Waals surface area contributed by atoms with E-state index in [1.807, 2.05) is 0 Å². The van der Waals surface area contributed by atoms with Gasteiger partial charge < -0.3 is 9.64 Å². The van der Waals surface area contributed by atoms with Crippen LogP contribution in [0.1, 0.15) is 20.8 Å².